The first-order chi connectivity index (χ1) is 16.6. The zero-order valence-electron chi connectivity index (χ0n) is 20.2. The van der Waals surface area contributed by atoms with Crippen LogP contribution >= 0.6 is 0 Å². The van der Waals surface area contributed by atoms with Crippen molar-refractivity contribution in [3.8, 4) is 5.75 Å². The summed E-state index contributed by atoms with van der Waals surface area (Å²) in [5.41, 5.74) is -1.49. The summed E-state index contributed by atoms with van der Waals surface area (Å²) in [7, 11) is 1.50. The average molecular weight is 477 g/mol. The van der Waals surface area contributed by atoms with Gasteiger partial charge in [0.25, 0.3) is 5.91 Å². The molecule has 0 aliphatic carbocycles. The molecule has 7 heteroatoms. The molecule has 0 saturated heterocycles. The summed E-state index contributed by atoms with van der Waals surface area (Å²) in [6.07, 6.45) is -0.825. The van der Waals surface area contributed by atoms with Crippen molar-refractivity contribution in [1.29, 1.82) is 0 Å². The molecule has 0 aromatic heterocycles. The van der Waals surface area contributed by atoms with E-state index in [1.807, 2.05) is 30.3 Å². The van der Waals surface area contributed by atoms with Crippen molar-refractivity contribution in [2.45, 2.75) is 44.6 Å². The molecular formula is C28H29FN2O4. The summed E-state index contributed by atoms with van der Waals surface area (Å²) in [5, 5.41) is 2.64. The number of para-hydroxylation sites is 1. The molecule has 0 radical (unpaired) electrons. The molecule has 1 N–H and O–H groups in total. The summed E-state index contributed by atoms with van der Waals surface area (Å²) in [6.45, 7) is 5.35. The van der Waals surface area contributed by atoms with Gasteiger partial charge in [-0.1, -0.05) is 60.7 Å². The number of amides is 2. The van der Waals surface area contributed by atoms with Crippen molar-refractivity contribution < 1.29 is 23.5 Å². The highest BCUT2D eigenvalue weighted by molar-refractivity contribution is 6.07. The first-order valence-electron chi connectivity index (χ1n) is 11.4. The third-order valence-electron chi connectivity index (χ3n) is 5.81. The lowest BCUT2D eigenvalue weighted by atomic mass is 9.85. The lowest BCUT2D eigenvalue weighted by molar-refractivity contribution is -0.131. The quantitative estimate of drug-likeness (QED) is 0.498. The average Bonchev–Trinajstić information content (AvgIpc) is 3.05. The molecule has 3 aromatic rings. The third-order valence-corrected chi connectivity index (χ3v) is 5.81. The summed E-state index contributed by atoms with van der Waals surface area (Å²) in [4.78, 5) is 28.1. The van der Waals surface area contributed by atoms with E-state index >= 15 is 4.39 Å². The molecule has 3 aromatic carbocycles. The van der Waals surface area contributed by atoms with Crippen LogP contribution in [-0.4, -0.2) is 24.7 Å². The van der Waals surface area contributed by atoms with Gasteiger partial charge in [-0.05, 0) is 50.1 Å². The monoisotopic (exact) mass is 476 g/mol. The van der Waals surface area contributed by atoms with E-state index in [1.54, 1.807) is 69.3 Å². The van der Waals surface area contributed by atoms with E-state index in [2.05, 4.69) is 5.32 Å². The van der Waals surface area contributed by atoms with Gasteiger partial charge < -0.3 is 19.7 Å². The van der Waals surface area contributed by atoms with Crippen LogP contribution in [-0.2, 0) is 21.7 Å². The Bertz CT molecular complexity index is 1220. The fourth-order valence-corrected chi connectivity index (χ4v) is 4.30. The lowest BCUT2D eigenvalue weighted by Crippen LogP contribution is -2.48. The predicted molar refractivity (Wildman–Crippen MR) is 132 cm³/mol. The number of fused-ring (bicyclic) bond motifs is 1. The summed E-state index contributed by atoms with van der Waals surface area (Å²) >= 11 is 0. The van der Waals surface area contributed by atoms with E-state index in [9.17, 15) is 9.59 Å². The van der Waals surface area contributed by atoms with E-state index in [4.69, 9.17) is 9.47 Å². The molecule has 1 aliphatic rings. The van der Waals surface area contributed by atoms with Crippen LogP contribution in [0.5, 0.6) is 5.75 Å². The van der Waals surface area contributed by atoms with Gasteiger partial charge >= 0.3 is 6.09 Å². The van der Waals surface area contributed by atoms with E-state index in [0.717, 1.165) is 5.56 Å². The number of alkyl carbamates (subject to hydrolysis) is 1. The molecule has 0 fully saturated rings. The van der Waals surface area contributed by atoms with Gasteiger partial charge in [-0.2, -0.15) is 0 Å². The maximum atomic E-state index is 17.3. The number of ether oxygens (including phenoxy) is 2. The number of anilines is 1. The molecular weight excluding hydrogens is 447 g/mol. The maximum absolute atomic E-state index is 17.3. The van der Waals surface area contributed by atoms with Crippen molar-refractivity contribution in [2.75, 3.05) is 12.0 Å². The van der Waals surface area contributed by atoms with Crippen molar-refractivity contribution in [3.05, 3.63) is 95.6 Å². The van der Waals surface area contributed by atoms with Gasteiger partial charge in [-0.15, -0.1) is 0 Å². The molecule has 0 bridgehead atoms. The summed E-state index contributed by atoms with van der Waals surface area (Å²) in [5.74, 6) is -0.284. The number of rotatable bonds is 6. The minimum Gasteiger partial charge on any atom is -0.497 e. The van der Waals surface area contributed by atoms with Gasteiger partial charge in [0.05, 0.1) is 19.3 Å². The molecule has 6 nitrogen and oxygen atoms in total. The molecule has 2 atom stereocenters. The number of nitrogens with zero attached hydrogens (tertiary/aromatic N) is 1. The van der Waals surface area contributed by atoms with E-state index in [1.165, 1.54) is 12.0 Å². The van der Waals surface area contributed by atoms with Crippen LogP contribution < -0.4 is 15.0 Å². The van der Waals surface area contributed by atoms with Crippen LogP contribution in [0, 0.1) is 0 Å². The molecule has 182 valence electrons. The van der Waals surface area contributed by atoms with Crippen molar-refractivity contribution in [3.63, 3.8) is 0 Å². The van der Waals surface area contributed by atoms with Gasteiger partial charge in [0.15, 0.2) is 0 Å². The first-order valence-corrected chi connectivity index (χ1v) is 11.4. The Morgan fingerprint density at radius 3 is 2.40 bits per heavy atom. The number of methoxy groups -OCH3 is 1. The second kappa shape index (κ2) is 9.41. The van der Waals surface area contributed by atoms with Gasteiger partial charge in [-0.3, -0.25) is 4.79 Å². The van der Waals surface area contributed by atoms with Crippen LogP contribution in [0.15, 0.2) is 78.9 Å². The van der Waals surface area contributed by atoms with Gasteiger partial charge in [-0.25, -0.2) is 9.18 Å². The predicted octanol–water partition coefficient (Wildman–Crippen LogP) is 5.67. The zero-order chi connectivity index (χ0) is 25.2. The molecule has 0 unspecified atom stereocenters. The number of carbonyl (C=O) groups is 2. The number of hydrogen-bond acceptors (Lipinski definition) is 4. The minimum atomic E-state index is -2.57. The number of benzene rings is 3. The molecule has 1 aliphatic heterocycles. The molecule has 1 heterocycles. The van der Waals surface area contributed by atoms with Crippen molar-refractivity contribution in [1.82, 2.24) is 5.32 Å². The highest BCUT2D eigenvalue weighted by atomic mass is 19.1. The first kappa shape index (κ1) is 24.3. The fourth-order valence-electron chi connectivity index (χ4n) is 4.30. The van der Waals surface area contributed by atoms with Gasteiger partial charge in [0, 0.05) is 5.56 Å². The highest BCUT2D eigenvalue weighted by Crippen LogP contribution is 2.50. The lowest BCUT2D eigenvalue weighted by Gasteiger charge is -2.32. The Kier molecular flexibility index (Phi) is 6.52. The molecule has 4 rings (SSSR count). The Morgan fingerprint density at radius 1 is 1.03 bits per heavy atom. The van der Waals surface area contributed by atoms with Gasteiger partial charge in [0.1, 0.15) is 17.4 Å². The number of carbonyl (C=O) groups excluding carboxylic acids is 2. The molecule has 0 spiro atoms. The Labute approximate surface area is 204 Å². The standard InChI is InChI=1S/C28H29FN2O4/c1-27(2,3)35-26(33)30-24(20-13-10-14-21(17-20)34-4)28(29)22-15-8-9-16-23(22)31(25(28)32)18-19-11-6-5-7-12-19/h5-17,24H,18H2,1-4H3,(H,30,33)/t24-,28-/m0/s1. The summed E-state index contributed by atoms with van der Waals surface area (Å²) in [6, 6.07) is 21.4. The Balaban J connectivity index is 1.81. The Hall–Kier alpha value is -3.87. The van der Waals surface area contributed by atoms with Gasteiger partial charge in [0.2, 0.25) is 5.67 Å². The highest BCUT2D eigenvalue weighted by Gasteiger charge is 2.58. The van der Waals surface area contributed by atoms with Crippen molar-refractivity contribution in [2.24, 2.45) is 0 Å². The summed E-state index contributed by atoms with van der Waals surface area (Å²) < 4.78 is 28.1. The zero-order valence-corrected chi connectivity index (χ0v) is 20.2. The second-order valence-electron chi connectivity index (χ2n) is 9.46. The second-order valence-corrected chi connectivity index (χ2v) is 9.46. The van der Waals surface area contributed by atoms with Crippen LogP contribution in [0.25, 0.3) is 0 Å². The Morgan fingerprint density at radius 2 is 1.71 bits per heavy atom. The SMILES string of the molecule is COc1cccc([C@H](NC(=O)OC(C)(C)C)[C@]2(F)C(=O)N(Cc3ccccc3)c3ccccc32)c1. The largest absolute Gasteiger partial charge is 0.497 e. The smallest absolute Gasteiger partial charge is 0.408 e. The molecule has 0 saturated carbocycles. The van der Waals surface area contributed by atoms with Crippen LogP contribution in [0.2, 0.25) is 0 Å². The number of hydrogen-bond donors (Lipinski definition) is 1. The normalized spacial score (nSPS) is 18.1. The maximum Gasteiger partial charge on any atom is 0.408 e. The van der Waals surface area contributed by atoms with Crippen molar-refractivity contribution >= 4 is 17.7 Å². The third kappa shape index (κ3) is 4.85. The topological polar surface area (TPSA) is 67.9 Å². The van der Waals surface area contributed by atoms with Crippen LogP contribution in [0.3, 0.4) is 0 Å². The van der Waals surface area contributed by atoms with Crippen LogP contribution in [0.4, 0.5) is 14.9 Å². The minimum absolute atomic E-state index is 0.185. The van der Waals surface area contributed by atoms with E-state index in [0.29, 0.717) is 17.0 Å². The number of alkyl halides is 1. The van der Waals surface area contributed by atoms with E-state index < -0.39 is 29.3 Å². The molecule has 35 heavy (non-hydrogen) atoms. The number of nitrogens with one attached hydrogen (secondary N) is 1. The fraction of sp³-hybridized carbons (Fsp3) is 0.286. The number of halogens is 1. The molecule has 2 amide bonds. The van der Waals surface area contributed by atoms with E-state index in [-0.39, 0.29) is 12.1 Å². The van der Waals surface area contributed by atoms with Crippen LogP contribution in [0.1, 0.15) is 43.5 Å².